The van der Waals surface area contributed by atoms with Gasteiger partial charge in [0.2, 0.25) is 11.0 Å². The minimum absolute atomic E-state index is 0.174. The number of benzene rings is 1. The fraction of sp³-hybridized carbons (Fsp3) is 0.150. The van der Waals surface area contributed by atoms with Gasteiger partial charge in [0, 0.05) is 18.1 Å². The van der Waals surface area contributed by atoms with E-state index in [1.54, 1.807) is 23.3 Å². The Hall–Kier alpha value is -3.26. The van der Waals surface area contributed by atoms with Gasteiger partial charge in [-0.1, -0.05) is 30.0 Å². The number of thioether (sulfide) groups is 1. The summed E-state index contributed by atoms with van der Waals surface area (Å²) in [5.74, 6) is 1.52. The van der Waals surface area contributed by atoms with E-state index >= 15 is 0 Å². The predicted molar refractivity (Wildman–Crippen MR) is 109 cm³/mol. The average Bonchev–Trinajstić information content (AvgIpc) is 3.38. The number of rotatable bonds is 6. The van der Waals surface area contributed by atoms with E-state index in [1.165, 1.54) is 16.4 Å². The van der Waals surface area contributed by atoms with Gasteiger partial charge in [-0.25, -0.2) is 0 Å². The van der Waals surface area contributed by atoms with Crippen LogP contribution in [-0.2, 0) is 5.75 Å². The van der Waals surface area contributed by atoms with E-state index in [-0.39, 0.29) is 11.4 Å². The van der Waals surface area contributed by atoms with Crippen LogP contribution in [0.1, 0.15) is 16.9 Å². The van der Waals surface area contributed by atoms with Crippen LogP contribution in [0.25, 0.3) is 0 Å². The Bertz CT molecular complexity index is 1110. The van der Waals surface area contributed by atoms with Crippen molar-refractivity contribution in [2.45, 2.75) is 24.8 Å². The number of nitrogens with one attached hydrogen (secondary N) is 1. The van der Waals surface area contributed by atoms with Crippen LogP contribution in [0.4, 0.5) is 11.5 Å². The molecule has 8 heteroatoms. The summed E-state index contributed by atoms with van der Waals surface area (Å²) in [6.07, 6.45) is 5.21. The summed E-state index contributed by atoms with van der Waals surface area (Å²) in [5.41, 5.74) is 2.65. The van der Waals surface area contributed by atoms with Gasteiger partial charge in [0.05, 0.1) is 12.0 Å². The van der Waals surface area contributed by atoms with E-state index < -0.39 is 0 Å². The van der Waals surface area contributed by atoms with Crippen molar-refractivity contribution in [1.29, 1.82) is 0 Å². The van der Waals surface area contributed by atoms with Crippen molar-refractivity contribution in [2.24, 2.45) is 0 Å². The summed E-state index contributed by atoms with van der Waals surface area (Å²) in [4.78, 5) is 13.2. The fourth-order valence-corrected chi connectivity index (χ4v) is 3.69. The van der Waals surface area contributed by atoms with Crippen LogP contribution in [0.15, 0.2) is 75.5 Å². The third-order valence-corrected chi connectivity index (χ3v) is 5.22. The van der Waals surface area contributed by atoms with Crippen LogP contribution in [-0.4, -0.2) is 19.5 Å². The maximum absolute atomic E-state index is 13.2. The number of hydrogen-bond donors (Lipinski definition) is 1. The van der Waals surface area contributed by atoms with Gasteiger partial charge in [-0.2, -0.15) is 4.68 Å². The van der Waals surface area contributed by atoms with Gasteiger partial charge >= 0.3 is 5.56 Å². The molecule has 0 aliphatic heterocycles. The highest BCUT2D eigenvalue weighted by Gasteiger charge is 2.16. The molecule has 28 heavy (non-hydrogen) atoms. The number of aromatic nitrogens is 4. The standard InChI is InChI=1S/C20H19N5O2S/c1-14-7-5-8-15(2)17(14)21-18-19(26)25(24-10-3-4-11-24)20(23-22-18)28-13-16-9-6-12-27-16/h3-12H,13H2,1-2H3,(H,21,22). The summed E-state index contributed by atoms with van der Waals surface area (Å²) < 4.78 is 8.56. The van der Waals surface area contributed by atoms with E-state index in [9.17, 15) is 4.79 Å². The van der Waals surface area contributed by atoms with Crippen LogP contribution >= 0.6 is 11.8 Å². The molecule has 3 aromatic heterocycles. The first kappa shape index (κ1) is 18.1. The Morgan fingerprint density at radius 1 is 1.04 bits per heavy atom. The molecule has 0 aliphatic rings. The van der Waals surface area contributed by atoms with Gasteiger partial charge in [-0.3, -0.25) is 9.47 Å². The minimum atomic E-state index is -0.282. The highest BCUT2D eigenvalue weighted by atomic mass is 32.2. The molecule has 0 saturated carbocycles. The van der Waals surface area contributed by atoms with Gasteiger partial charge in [0.15, 0.2) is 0 Å². The van der Waals surface area contributed by atoms with Crippen LogP contribution < -0.4 is 10.9 Å². The second kappa shape index (κ2) is 7.77. The third kappa shape index (κ3) is 3.59. The zero-order valence-corrected chi connectivity index (χ0v) is 16.3. The molecule has 0 bridgehead atoms. The van der Waals surface area contributed by atoms with Gasteiger partial charge in [0.25, 0.3) is 0 Å². The van der Waals surface area contributed by atoms with Gasteiger partial charge in [-0.05, 0) is 49.2 Å². The average molecular weight is 393 g/mol. The monoisotopic (exact) mass is 393 g/mol. The molecule has 3 heterocycles. The van der Waals surface area contributed by atoms with Crippen molar-refractivity contribution in [1.82, 2.24) is 19.5 Å². The lowest BCUT2D eigenvalue weighted by Crippen LogP contribution is -2.30. The van der Waals surface area contributed by atoms with Gasteiger partial charge in [-0.15, -0.1) is 10.2 Å². The Morgan fingerprint density at radius 3 is 2.46 bits per heavy atom. The normalized spacial score (nSPS) is 10.9. The molecule has 0 aliphatic carbocycles. The summed E-state index contributed by atoms with van der Waals surface area (Å²) >= 11 is 1.39. The zero-order chi connectivity index (χ0) is 19.5. The van der Waals surface area contributed by atoms with Crippen molar-refractivity contribution in [2.75, 3.05) is 5.32 Å². The second-order valence-corrected chi connectivity index (χ2v) is 7.21. The first-order chi connectivity index (χ1) is 13.6. The molecule has 4 aromatic rings. The number of nitrogens with zero attached hydrogens (tertiary/aromatic N) is 4. The van der Waals surface area contributed by atoms with E-state index in [2.05, 4.69) is 15.5 Å². The van der Waals surface area contributed by atoms with E-state index in [4.69, 9.17) is 4.42 Å². The molecule has 0 fully saturated rings. The number of hydrogen-bond acceptors (Lipinski definition) is 6. The fourth-order valence-electron chi connectivity index (χ4n) is 2.86. The van der Waals surface area contributed by atoms with Crippen LogP contribution in [0.5, 0.6) is 0 Å². The quantitative estimate of drug-likeness (QED) is 0.499. The predicted octanol–water partition coefficient (Wildman–Crippen LogP) is 4.00. The molecular formula is C20H19N5O2S. The SMILES string of the molecule is Cc1cccc(C)c1Nc1nnc(SCc2ccco2)n(-n2cccc2)c1=O. The minimum Gasteiger partial charge on any atom is -0.468 e. The Morgan fingerprint density at radius 2 is 1.79 bits per heavy atom. The van der Waals surface area contributed by atoms with E-state index in [1.807, 2.05) is 56.3 Å². The van der Waals surface area contributed by atoms with Gasteiger partial charge < -0.3 is 9.73 Å². The molecule has 0 atom stereocenters. The van der Waals surface area contributed by atoms with Gasteiger partial charge in [0.1, 0.15) is 5.76 Å². The first-order valence-electron chi connectivity index (χ1n) is 8.75. The molecule has 4 rings (SSSR count). The lowest BCUT2D eigenvalue weighted by Gasteiger charge is -2.15. The van der Waals surface area contributed by atoms with Crippen molar-refractivity contribution in [3.8, 4) is 0 Å². The van der Waals surface area contributed by atoms with Crippen molar-refractivity contribution in [3.05, 3.63) is 88.4 Å². The molecule has 0 unspecified atom stereocenters. The van der Waals surface area contributed by atoms with Crippen LogP contribution in [0, 0.1) is 13.8 Å². The molecule has 1 aromatic carbocycles. The number of furan rings is 1. The Balaban J connectivity index is 1.73. The molecule has 0 amide bonds. The van der Waals surface area contributed by atoms with Crippen molar-refractivity contribution in [3.63, 3.8) is 0 Å². The largest absolute Gasteiger partial charge is 0.468 e. The van der Waals surface area contributed by atoms with E-state index in [0.29, 0.717) is 10.9 Å². The molecule has 142 valence electrons. The molecule has 0 radical (unpaired) electrons. The third-order valence-electron chi connectivity index (χ3n) is 4.28. The Kier molecular flexibility index (Phi) is 5.03. The maximum atomic E-state index is 13.2. The van der Waals surface area contributed by atoms with Crippen LogP contribution in [0.2, 0.25) is 0 Å². The van der Waals surface area contributed by atoms with Crippen LogP contribution in [0.3, 0.4) is 0 Å². The van der Waals surface area contributed by atoms with E-state index in [0.717, 1.165) is 22.6 Å². The summed E-state index contributed by atoms with van der Waals surface area (Å²) in [7, 11) is 0. The topological polar surface area (TPSA) is 77.9 Å². The lowest BCUT2D eigenvalue weighted by atomic mass is 10.1. The second-order valence-electron chi connectivity index (χ2n) is 6.27. The highest BCUT2D eigenvalue weighted by Crippen LogP contribution is 2.23. The number of para-hydroxylation sites is 1. The lowest BCUT2D eigenvalue weighted by molar-refractivity contribution is 0.523. The molecule has 1 N–H and O–H groups in total. The summed E-state index contributed by atoms with van der Waals surface area (Å²) in [6.45, 7) is 3.97. The maximum Gasteiger partial charge on any atom is 0.316 e. The molecule has 0 spiro atoms. The Labute approximate surface area is 166 Å². The highest BCUT2D eigenvalue weighted by molar-refractivity contribution is 7.98. The zero-order valence-electron chi connectivity index (χ0n) is 15.5. The number of anilines is 2. The summed E-state index contributed by atoms with van der Waals surface area (Å²) in [6, 6.07) is 13.4. The first-order valence-corrected chi connectivity index (χ1v) is 9.74. The molecular weight excluding hydrogens is 374 g/mol. The number of aryl methyl sites for hydroxylation is 2. The van der Waals surface area contributed by atoms with Crippen molar-refractivity contribution < 1.29 is 4.42 Å². The molecule has 7 nitrogen and oxygen atoms in total. The molecule has 0 saturated heterocycles. The smallest absolute Gasteiger partial charge is 0.316 e. The summed E-state index contributed by atoms with van der Waals surface area (Å²) in [5, 5.41) is 12.1. The van der Waals surface area contributed by atoms with Crippen molar-refractivity contribution >= 4 is 23.3 Å².